The van der Waals surface area contributed by atoms with Crippen LogP contribution in [0.4, 0.5) is 5.69 Å². The Bertz CT molecular complexity index is 1430. The minimum atomic E-state index is -1.61. The molecule has 8 nitrogen and oxygen atoms in total. The van der Waals surface area contributed by atoms with Crippen LogP contribution in [0.5, 0.6) is 0 Å². The molecular weight excluding hydrogens is 520 g/mol. The van der Waals surface area contributed by atoms with Crippen molar-refractivity contribution in [2.24, 2.45) is 11.3 Å². The first-order valence-corrected chi connectivity index (χ1v) is 13.7. The van der Waals surface area contributed by atoms with Crippen LogP contribution in [0, 0.1) is 35.0 Å². The number of benzene rings is 2. The average molecular weight is 557 g/mol. The SMILES string of the molecule is CC1CC(O)=CC=C1[C@](C)(O)[C@H](NC(O)c1ccc(C#CC#Cc2ccc(N)cc2)cc1)C12OCC(C)(CO1)CO2. The molecule has 6 N–H and O–H groups in total. The standard InChI is InChI=1S/C33H36N2O6/c1-22-18-27(36)16-17-28(22)32(3,38)30(33-39-19-31(2,20-40-33)21-41-33)35-29(37)25-12-8-23(9-13-25)6-4-5-7-24-10-14-26(34)15-11-24/h8-17,22,29-30,35-38H,18-21,34H2,1-3H3/t22?,29?,30-,31?,32-,33?/m0/s1. The zero-order chi connectivity index (χ0) is 29.3. The number of hydrogen-bond acceptors (Lipinski definition) is 8. The number of nitrogen functional groups attached to an aromatic ring is 1. The molecule has 1 aliphatic carbocycles. The van der Waals surface area contributed by atoms with Crippen LogP contribution in [-0.4, -0.2) is 52.8 Å². The lowest BCUT2D eigenvalue weighted by molar-refractivity contribution is -0.482. The fraction of sp³-hybridized carbons (Fsp3) is 0.394. The molecular formula is C33H36N2O6. The molecule has 3 saturated heterocycles. The van der Waals surface area contributed by atoms with Crippen molar-refractivity contribution in [2.75, 3.05) is 25.6 Å². The van der Waals surface area contributed by atoms with Gasteiger partial charge in [0, 0.05) is 28.7 Å². The zero-order valence-corrected chi connectivity index (χ0v) is 23.5. The van der Waals surface area contributed by atoms with E-state index in [2.05, 4.69) is 29.0 Å². The van der Waals surface area contributed by atoms with Gasteiger partial charge in [0.15, 0.2) is 0 Å². The average Bonchev–Trinajstić information content (AvgIpc) is 2.95. The topological polar surface area (TPSA) is 126 Å². The van der Waals surface area contributed by atoms with Crippen LogP contribution in [0.2, 0.25) is 0 Å². The number of aliphatic hydroxyl groups is 3. The van der Waals surface area contributed by atoms with Gasteiger partial charge in [0.25, 0.3) is 0 Å². The van der Waals surface area contributed by atoms with Gasteiger partial charge >= 0.3 is 5.97 Å². The lowest BCUT2D eigenvalue weighted by atomic mass is 9.75. The number of aliphatic hydroxyl groups excluding tert-OH is 2. The molecule has 2 aromatic rings. The predicted molar refractivity (Wildman–Crippen MR) is 155 cm³/mol. The minimum absolute atomic E-state index is 0.161. The van der Waals surface area contributed by atoms with Crippen molar-refractivity contribution < 1.29 is 29.5 Å². The van der Waals surface area contributed by atoms with Crippen molar-refractivity contribution in [3.05, 3.63) is 88.7 Å². The first-order chi connectivity index (χ1) is 19.5. The third-order valence-electron chi connectivity index (χ3n) is 7.80. The highest BCUT2D eigenvalue weighted by molar-refractivity contribution is 5.48. The van der Waals surface area contributed by atoms with Crippen molar-refractivity contribution in [3.63, 3.8) is 0 Å². The summed E-state index contributed by atoms with van der Waals surface area (Å²) in [5.74, 6) is 10.1. The molecule has 214 valence electrons. The van der Waals surface area contributed by atoms with Crippen LogP contribution in [0.1, 0.15) is 50.1 Å². The second-order valence-corrected chi connectivity index (χ2v) is 11.6. The van der Waals surface area contributed by atoms with E-state index < -0.39 is 23.8 Å². The Morgan fingerprint density at radius 2 is 1.49 bits per heavy atom. The van der Waals surface area contributed by atoms with E-state index in [1.54, 1.807) is 55.5 Å². The largest absolute Gasteiger partial charge is 0.512 e. The number of anilines is 1. The molecule has 0 radical (unpaired) electrons. The smallest absolute Gasteiger partial charge is 0.302 e. The summed E-state index contributed by atoms with van der Waals surface area (Å²) in [7, 11) is 0. The van der Waals surface area contributed by atoms with Gasteiger partial charge in [0.1, 0.15) is 17.9 Å². The summed E-state index contributed by atoms with van der Waals surface area (Å²) < 4.78 is 18.3. The molecule has 41 heavy (non-hydrogen) atoms. The fourth-order valence-electron chi connectivity index (χ4n) is 5.39. The van der Waals surface area contributed by atoms with Crippen molar-refractivity contribution in [3.8, 4) is 23.7 Å². The second-order valence-electron chi connectivity index (χ2n) is 11.6. The summed E-state index contributed by atoms with van der Waals surface area (Å²) in [6, 6.07) is 13.3. The van der Waals surface area contributed by atoms with Crippen LogP contribution in [0.15, 0.2) is 72.0 Å². The van der Waals surface area contributed by atoms with Crippen LogP contribution in [-0.2, 0) is 14.2 Å². The number of ether oxygens (including phenoxy) is 3. The van der Waals surface area contributed by atoms with Crippen LogP contribution in [0.3, 0.4) is 0 Å². The summed E-state index contributed by atoms with van der Waals surface area (Å²) in [6.07, 6.45) is 2.48. The van der Waals surface area contributed by atoms with Gasteiger partial charge in [-0.15, -0.1) is 0 Å². The maximum Gasteiger partial charge on any atom is 0.302 e. The Morgan fingerprint density at radius 3 is 2.02 bits per heavy atom. The van der Waals surface area contributed by atoms with Gasteiger partial charge in [-0.25, -0.2) is 0 Å². The van der Waals surface area contributed by atoms with E-state index >= 15 is 0 Å². The maximum absolute atomic E-state index is 12.0. The molecule has 0 amide bonds. The first-order valence-electron chi connectivity index (χ1n) is 13.7. The fourth-order valence-corrected chi connectivity index (χ4v) is 5.39. The minimum Gasteiger partial charge on any atom is -0.512 e. The van der Waals surface area contributed by atoms with Gasteiger partial charge in [-0.05, 0) is 78.3 Å². The molecule has 3 heterocycles. The zero-order valence-electron chi connectivity index (χ0n) is 23.5. The van der Waals surface area contributed by atoms with E-state index in [9.17, 15) is 15.3 Å². The number of hydrogen-bond donors (Lipinski definition) is 5. The van der Waals surface area contributed by atoms with E-state index in [0.29, 0.717) is 43.1 Å². The molecule has 3 aliphatic heterocycles. The van der Waals surface area contributed by atoms with Gasteiger partial charge < -0.3 is 35.3 Å². The lowest BCUT2D eigenvalue weighted by Crippen LogP contribution is -2.73. The van der Waals surface area contributed by atoms with Crippen molar-refractivity contribution >= 4 is 5.69 Å². The van der Waals surface area contributed by atoms with Crippen molar-refractivity contribution in [1.29, 1.82) is 0 Å². The van der Waals surface area contributed by atoms with Gasteiger partial charge in [-0.1, -0.05) is 43.9 Å². The van der Waals surface area contributed by atoms with Crippen LogP contribution < -0.4 is 11.1 Å². The molecule has 8 heteroatoms. The molecule has 2 aromatic carbocycles. The molecule has 4 aliphatic rings. The Kier molecular flexibility index (Phi) is 8.00. The van der Waals surface area contributed by atoms with E-state index in [1.807, 2.05) is 26.0 Å². The highest BCUT2D eigenvalue weighted by Gasteiger charge is 2.61. The number of allylic oxidation sites excluding steroid dienone is 3. The van der Waals surface area contributed by atoms with Crippen molar-refractivity contribution in [2.45, 2.75) is 51.0 Å². The van der Waals surface area contributed by atoms with Crippen LogP contribution in [0.25, 0.3) is 0 Å². The highest BCUT2D eigenvalue weighted by Crippen LogP contribution is 2.45. The number of fused-ring (bicyclic) bond motifs is 3. The number of rotatable bonds is 6. The highest BCUT2D eigenvalue weighted by atomic mass is 16.9. The third-order valence-corrected chi connectivity index (χ3v) is 7.80. The predicted octanol–water partition coefficient (Wildman–Crippen LogP) is 3.52. The Labute approximate surface area is 240 Å². The van der Waals surface area contributed by atoms with Gasteiger partial charge in [-0.2, -0.15) is 0 Å². The number of nitrogens with one attached hydrogen (secondary N) is 1. The number of nitrogens with two attached hydrogens (primary N) is 1. The summed E-state index contributed by atoms with van der Waals surface area (Å²) in [5.41, 5.74) is 7.30. The molecule has 2 bridgehead atoms. The summed E-state index contributed by atoms with van der Waals surface area (Å²) in [5, 5.41) is 36.4. The summed E-state index contributed by atoms with van der Waals surface area (Å²) >= 11 is 0. The Morgan fingerprint density at radius 1 is 0.951 bits per heavy atom. The molecule has 4 atom stereocenters. The first kappa shape index (κ1) is 28.9. The van der Waals surface area contributed by atoms with E-state index in [-0.39, 0.29) is 17.1 Å². The van der Waals surface area contributed by atoms with Crippen molar-refractivity contribution in [1.82, 2.24) is 5.32 Å². The van der Waals surface area contributed by atoms with Gasteiger partial charge in [0.05, 0.1) is 25.6 Å². The second kappa shape index (κ2) is 11.3. The quantitative estimate of drug-likeness (QED) is 0.208. The molecule has 0 saturated carbocycles. The molecule has 2 unspecified atom stereocenters. The molecule has 0 spiro atoms. The normalized spacial score (nSPS) is 28.1. The maximum atomic E-state index is 12.0. The van der Waals surface area contributed by atoms with E-state index in [0.717, 1.165) is 11.1 Å². The lowest BCUT2D eigenvalue weighted by Gasteiger charge is -2.56. The monoisotopic (exact) mass is 556 g/mol. The molecule has 0 aromatic heterocycles. The summed E-state index contributed by atoms with van der Waals surface area (Å²) in [4.78, 5) is 0. The Hall–Kier alpha value is -3.60. The van der Waals surface area contributed by atoms with Gasteiger partial charge in [-0.3, -0.25) is 5.32 Å². The Balaban J connectivity index is 1.36. The van der Waals surface area contributed by atoms with E-state index in [4.69, 9.17) is 19.9 Å². The van der Waals surface area contributed by atoms with Gasteiger partial charge in [0.2, 0.25) is 0 Å². The molecule has 6 rings (SSSR count). The van der Waals surface area contributed by atoms with E-state index in [1.165, 1.54) is 0 Å². The summed E-state index contributed by atoms with van der Waals surface area (Å²) in [6.45, 7) is 6.76. The molecule has 3 fully saturated rings. The van der Waals surface area contributed by atoms with Crippen LogP contribution >= 0.6 is 0 Å². The third kappa shape index (κ3) is 6.19.